The standard InChI is InChI=1S/C13H9FN2O4/c1-2-19-13(18)11-8(6-15)12(20-16-11)7-3-4-9(14)10(17)5-7/h3-5,17H,2H2,1H3. The average Bonchev–Trinajstić information content (AvgIpc) is 2.86. The molecule has 7 heteroatoms. The molecular weight excluding hydrogens is 267 g/mol. The summed E-state index contributed by atoms with van der Waals surface area (Å²) in [4.78, 5) is 11.6. The van der Waals surface area contributed by atoms with Gasteiger partial charge >= 0.3 is 5.97 Å². The van der Waals surface area contributed by atoms with Crippen LogP contribution in [0.4, 0.5) is 4.39 Å². The number of hydrogen-bond donors (Lipinski definition) is 1. The van der Waals surface area contributed by atoms with E-state index in [1.54, 1.807) is 13.0 Å². The van der Waals surface area contributed by atoms with E-state index in [2.05, 4.69) is 5.16 Å². The van der Waals surface area contributed by atoms with E-state index in [1.165, 1.54) is 6.07 Å². The Bertz CT molecular complexity index is 703. The van der Waals surface area contributed by atoms with Crippen molar-refractivity contribution in [3.8, 4) is 23.1 Å². The molecule has 0 bridgehead atoms. The maximum atomic E-state index is 13.0. The summed E-state index contributed by atoms with van der Waals surface area (Å²) in [6, 6.07) is 5.17. The van der Waals surface area contributed by atoms with Crippen LogP contribution in [0, 0.1) is 17.1 Å². The van der Waals surface area contributed by atoms with Gasteiger partial charge in [-0.1, -0.05) is 5.16 Å². The Labute approximate surface area is 113 Å². The Morgan fingerprint density at radius 3 is 2.95 bits per heavy atom. The van der Waals surface area contributed by atoms with Gasteiger partial charge in [0.15, 0.2) is 17.3 Å². The molecule has 1 heterocycles. The number of rotatable bonds is 3. The van der Waals surface area contributed by atoms with Gasteiger partial charge in [0.2, 0.25) is 5.69 Å². The van der Waals surface area contributed by atoms with Crippen LogP contribution in [-0.4, -0.2) is 22.8 Å². The second-order valence-electron chi connectivity index (χ2n) is 3.73. The molecule has 0 fully saturated rings. The van der Waals surface area contributed by atoms with Crippen LogP contribution in [0.3, 0.4) is 0 Å². The van der Waals surface area contributed by atoms with Crippen LogP contribution in [0.2, 0.25) is 0 Å². The molecule has 0 amide bonds. The van der Waals surface area contributed by atoms with Crippen LogP contribution in [0.15, 0.2) is 22.7 Å². The molecule has 0 radical (unpaired) electrons. The molecular formula is C13H9FN2O4. The van der Waals surface area contributed by atoms with Crippen molar-refractivity contribution in [1.29, 1.82) is 5.26 Å². The van der Waals surface area contributed by atoms with Crippen LogP contribution < -0.4 is 0 Å². The fourth-order valence-electron chi connectivity index (χ4n) is 1.58. The molecule has 1 aromatic heterocycles. The maximum Gasteiger partial charge on any atom is 0.361 e. The van der Waals surface area contributed by atoms with Crippen molar-refractivity contribution < 1.29 is 23.6 Å². The van der Waals surface area contributed by atoms with Gasteiger partial charge in [-0.05, 0) is 25.1 Å². The third kappa shape index (κ3) is 2.31. The highest BCUT2D eigenvalue weighted by Crippen LogP contribution is 2.29. The summed E-state index contributed by atoms with van der Waals surface area (Å²) in [5.41, 5.74) is -0.161. The number of nitriles is 1. The lowest BCUT2D eigenvalue weighted by Crippen LogP contribution is -2.06. The molecule has 102 valence electrons. The minimum Gasteiger partial charge on any atom is -0.505 e. The number of ether oxygens (including phenoxy) is 1. The van der Waals surface area contributed by atoms with Gasteiger partial charge in [-0.25, -0.2) is 9.18 Å². The molecule has 20 heavy (non-hydrogen) atoms. The molecule has 0 unspecified atom stereocenters. The number of phenols is 1. The quantitative estimate of drug-likeness (QED) is 0.863. The highest BCUT2D eigenvalue weighted by atomic mass is 19.1. The molecule has 1 N–H and O–H groups in total. The second kappa shape index (κ2) is 5.40. The summed E-state index contributed by atoms with van der Waals surface area (Å²) in [6.45, 7) is 1.74. The van der Waals surface area contributed by atoms with Crippen molar-refractivity contribution in [3.63, 3.8) is 0 Å². The number of carbonyl (C=O) groups excluding carboxylic acids is 1. The summed E-state index contributed by atoms with van der Waals surface area (Å²) in [5, 5.41) is 21.9. The fraction of sp³-hybridized carbons (Fsp3) is 0.154. The van der Waals surface area contributed by atoms with Crippen LogP contribution in [-0.2, 0) is 4.74 Å². The minimum absolute atomic E-state index is 0.0362. The Kier molecular flexibility index (Phi) is 3.66. The third-order valence-corrected chi connectivity index (χ3v) is 2.48. The molecule has 6 nitrogen and oxygen atoms in total. The van der Waals surface area contributed by atoms with E-state index in [1.807, 2.05) is 0 Å². The third-order valence-electron chi connectivity index (χ3n) is 2.48. The van der Waals surface area contributed by atoms with Crippen molar-refractivity contribution in [3.05, 3.63) is 35.3 Å². The van der Waals surface area contributed by atoms with Gasteiger partial charge in [-0.15, -0.1) is 0 Å². The average molecular weight is 276 g/mol. The molecule has 2 rings (SSSR count). The van der Waals surface area contributed by atoms with Crippen LogP contribution in [0.5, 0.6) is 5.75 Å². The Morgan fingerprint density at radius 1 is 1.60 bits per heavy atom. The van der Waals surface area contributed by atoms with Gasteiger partial charge in [0.25, 0.3) is 0 Å². The molecule has 0 aliphatic carbocycles. The Balaban J connectivity index is 2.50. The zero-order valence-electron chi connectivity index (χ0n) is 10.4. The van der Waals surface area contributed by atoms with Gasteiger partial charge in [-0.2, -0.15) is 5.26 Å². The summed E-state index contributed by atoms with van der Waals surface area (Å²) < 4.78 is 22.7. The van der Waals surface area contributed by atoms with E-state index in [0.717, 1.165) is 12.1 Å². The zero-order valence-corrected chi connectivity index (χ0v) is 10.4. The predicted octanol–water partition coefficient (Wildman–Crippen LogP) is 2.23. The van der Waals surface area contributed by atoms with Crippen LogP contribution in [0.25, 0.3) is 11.3 Å². The highest BCUT2D eigenvalue weighted by Gasteiger charge is 2.24. The van der Waals surface area contributed by atoms with Gasteiger partial charge in [-0.3, -0.25) is 0 Å². The maximum absolute atomic E-state index is 13.0. The highest BCUT2D eigenvalue weighted by molar-refractivity contribution is 5.92. The lowest BCUT2D eigenvalue weighted by Gasteiger charge is -1.99. The first-order valence-electron chi connectivity index (χ1n) is 5.64. The van der Waals surface area contributed by atoms with E-state index in [9.17, 15) is 14.3 Å². The summed E-state index contributed by atoms with van der Waals surface area (Å²) >= 11 is 0. The normalized spacial score (nSPS) is 10.1. The van der Waals surface area contributed by atoms with E-state index in [-0.39, 0.29) is 29.2 Å². The van der Waals surface area contributed by atoms with Crippen LogP contribution >= 0.6 is 0 Å². The zero-order chi connectivity index (χ0) is 14.7. The SMILES string of the molecule is CCOC(=O)c1noc(-c2ccc(F)c(O)c2)c1C#N. The van der Waals surface area contributed by atoms with E-state index < -0.39 is 17.5 Å². The first-order valence-corrected chi connectivity index (χ1v) is 5.64. The molecule has 1 aromatic carbocycles. The van der Waals surface area contributed by atoms with E-state index in [0.29, 0.717) is 0 Å². The Morgan fingerprint density at radius 2 is 2.35 bits per heavy atom. The number of nitrogens with zero attached hydrogens (tertiary/aromatic N) is 2. The Hall–Kier alpha value is -2.88. The van der Waals surface area contributed by atoms with Gasteiger partial charge in [0.1, 0.15) is 11.6 Å². The molecule has 0 aliphatic rings. The number of aromatic nitrogens is 1. The first-order chi connectivity index (χ1) is 9.58. The summed E-state index contributed by atoms with van der Waals surface area (Å²) in [5.74, 6) is -2.23. The lowest BCUT2D eigenvalue weighted by molar-refractivity contribution is 0.0514. The van der Waals surface area contributed by atoms with Crippen molar-refractivity contribution >= 4 is 5.97 Å². The minimum atomic E-state index is -0.808. The van der Waals surface area contributed by atoms with Crippen molar-refractivity contribution in [2.75, 3.05) is 6.61 Å². The second-order valence-corrected chi connectivity index (χ2v) is 3.73. The van der Waals surface area contributed by atoms with Crippen molar-refractivity contribution in [2.24, 2.45) is 0 Å². The number of phenolic OH excluding ortho intramolecular Hbond substituents is 1. The fourth-order valence-corrected chi connectivity index (χ4v) is 1.58. The molecule has 0 atom stereocenters. The number of hydrogen-bond acceptors (Lipinski definition) is 6. The largest absolute Gasteiger partial charge is 0.505 e. The molecule has 0 spiro atoms. The first kappa shape index (κ1) is 13.5. The van der Waals surface area contributed by atoms with Gasteiger partial charge < -0.3 is 14.4 Å². The topological polar surface area (TPSA) is 96.3 Å². The van der Waals surface area contributed by atoms with Gasteiger partial charge in [0.05, 0.1) is 6.61 Å². The molecule has 2 aromatic rings. The van der Waals surface area contributed by atoms with E-state index >= 15 is 0 Å². The molecule has 0 aliphatic heterocycles. The monoisotopic (exact) mass is 276 g/mol. The molecule has 0 saturated heterocycles. The van der Waals surface area contributed by atoms with Gasteiger partial charge in [0, 0.05) is 5.56 Å². The number of esters is 1. The van der Waals surface area contributed by atoms with E-state index in [4.69, 9.17) is 14.5 Å². The molecule has 0 saturated carbocycles. The van der Waals surface area contributed by atoms with Crippen molar-refractivity contribution in [2.45, 2.75) is 6.92 Å². The smallest absolute Gasteiger partial charge is 0.361 e. The predicted molar refractivity (Wildman–Crippen MR) is 64.2 cm³/mol. The van der Waals surface area contributed by atoms with Crippen LogP contribution in [0.1, 0.15) is 23.0 Å². The summed E-state index contributed by atoms with van der Waals surface area (Å²) in [6.07, 6.45) is 0. The lowest BCUT2D eigenvalue weighted by atomic mass is 10.1. The number of benzene rings is 1. The van der Waals surface area contributed by atoms with Crippen molar-refractivity contribution in [1.82, 2.24) is 5.16 Å². The number of aromatic hydroxyl groups is 1. The number of halogens is 1. The number of carbonyl (C=O) groups is 1. The summed E-state index contributed by atoms with van der Waals surface area (Å²) in [7, 11) is 0.